The van der Waals surface area contributed by atoms with Crippen molar-refractivity contribution >= 4 is 17.7 Å². The highest BCUT2D eigenvalue weighted by Gasteiger charge is 2.14. The quantitative estimate of drug-likeness (QED) is 0.861. The molecule has 0 radical (unpaired) electrons. The van der Waals surface area contributed by atoms with Gasteiger partial charge < -0.3 is 14.6 Å². The molecule has 1 aromatic heterocycles. The van der Waals surface area contributed by atoms with Gasteiger partial charge in [-0.3, -0.25) is 0 Å². The van der Waals surface area contributed by atoms with Gasteiger partial charge in [-0.2, -0.15) is 11.8 Å². The molecule has 0 spiro atoms. The van der Waals surface area contributed by atoms with Gasteiger partial charge in [-0.15, -0.1) is 0 Å². The van der Waals surface area contributed by atoms with Crippen molar-refractivity contribution in [2.45, 2.75) is 38.0 Å². The largest absolute Gasteiger partial charge is 0.383 e. The Hall–Kier alpha value is -0.680. The van der Waals surface area contributed by atoms with E-state index in [-0.39, 0.29) is 0 Å². The number of anilines is 1. The highest BCUT2D eigenvalue weighted by molar-refractivity contribution is 7.99. The molecule has 102 valence electrons. The van der Waals surface area contributed by atoms with E-state index < -0.39 is 0 Å². The van der Waals surface area contributed by atoms with Gasteiger partial charge in [-0.05, 0) is 25.5 Å². The standard InChI is InChI=1S/C13H23N3OS/c1-11-10-16(6-7-17-2)13(15-11)14-9-12-5-3-4-8-18-12/h10,12H,3-9H2,1-2H3,(H,14,15). The number of nitrogens with one attached hydrogen (secondary N) is 1. The van der Waals surface area contributed by atoms with Crippen LogP contribution in [0.25, 0.3) is 0 Å². The third-order valence-corrected chi connectivity index (χ3v) is 4.59. The molecule has 18 heavy (non-hydrogen) atoms. The molecule has 1 N–H and O–H groups in total. The lowest BCUT2D eigenvalue weighted by Gasteiger charge is -2.21. The maximum atomic E-state index is 5.12. The van der Waals surface area contributed by atoms with Crippen LogP contribution in [-0.2, 0) is 11.3 Å². The van der Waals surface area contributed by atoms with Crippen molar-refractivity contribution in [2.75, 3.05) is 31.3 Å². The summed E-state index contributed by atoms with van der Waals surface area (Å²) < 4.78 is 7.27. The molecule has 0 aliphatic carbocycles. The van der Waals surface area contributed by atoms with Crippen LogP contribution in [0.2, 0.25) is 0 Å². The minimum atomic E-state index is 0.725. The van der Waals surface area contributed by atoms with Gasteiger partial charge in [-0.1, -0.05) is 6.42 Å². The van der Waals surface area contributed by atoms with Crippen LogP contribution in [0.15, 0.2) is 6.20 Å². The Labute approximate surface area is 114 Å². The van der Waals surface area contributed by atoms with Crippen LogP contribution in [-0.4, -0.2) is 40.8 Å². The predicted octanol–water partition coefficient (Wildman–Crippen LogP) is 2.54. The predicted molar refractivity (Wildman–Crippen MR) is 77.4 cm³/mol. The first-order valence-corrected chi connectivity index (χ1v) is 7.72. The van der Waals surface area contributed by atoms with Gasteiger partial charge in [0, 0.05) is 31.6 Å². The number of ether oxygens (including phenoxy) is 1. The minimum absolute atomic E-state index is 0.725. The van der Waals surface area contributed by atoms with E-state index in [1.807, 2.05) is 6.92 Å². The molecule has 0 saturated carbocycles. The lowest BCUT2D eigenvalue weighted by Crippen LogP contribution is -2.22. The molecular formula is C13H23N3OS. The summed E-state index contributed by atoms with van der Waals surface area (Å²) in [5, 5.41) is 4.23. The molecule has 2 rings (SSSR count). The van der Waals surface area contributed by atoms with Crippen molar-refractivity contribution in [3.63, 3.8) is 0 Å². The number of thioether (sulfide) groups is 1. The Morgan fingerprint density at radius 2 is 2.44 bits per heavy atom. The van der Waals surface area contributed by atoms with Crippen molar-refractivity contribution in [3.05, 3.63) is 11.9 Å². The lowest BCUT2D eigenvalue weighted by atomic mass is 10.2. The molecule has 1 saturated heterocycles. The van der Waals surface area contributed by atoms with E-state index in [1.165, 1.54) is 25.0 Å². The average molecular weight is 269 g/mol. The van der Waals surface area contributed by atoms with Crippen LogP contribution in [0.5, 0.6) is 0 Å². The molecule has 4 nitrogen and oxygen atoms in total. The Bertz CT molecular complexity index is 361. The maximum absolute atomic E-state index is 5.12. The van der Waals surface area contributed by atoms with E-state index >= 15 is 0 Å². The van der Waals surface area contributed by atoms with Gasteiger partial charge in [0.2, 0.25) is 5.95 Å². The maximum Gasteiger partial charge on any atom is 0.203 e. The number of nitrogens with zero attached hydrogens (tertiary/aromatic N) is 2. The number of aryl methyl sites for hydroxylation is 1. The summed E-state index contributed by atoms with van der Waals surface area (Å²) in [6.07, 6.45) is 6.16. The van der Waals surface area contributed by atoms with E-state index in [1.54, 1.807) is 7.11 Å². The average Bonchev–Trinajstić information content (AvgIpc) is 2.75. The minimum Gasteiger partial charge on any atom is -0.383 e. The van der Waals surface area contributed by atoms with E-state index in [0.717, 1.165) is 36.6 Å². The summed E-state index contributed by atoms with van der Waals surface area (Å²) in [5.41, 5.74) is 1.06. The molecule has 0 aromatic carbocycles. The topological polar surface area (TPSA) is 39.1 Å². The van der Waals surface area contributed by atoms with E-state index in [2.05, 4.69) is 32.8 Å². The molecule has 1 unspecified atom stereocenters. The SMILES string of the molecule is COCCn1cc(C)nc1NCC1CCCCS1. The second kappa shape index (κ2) is 7.04. The van der Waals surface area contributed by atoms with E-state index in [0.29, 0.717) is 0 Å². The fourth-order valence-corrected chi connectivity index (χ4v) is 3.46. The van der Waals surface area contributed by atoms with Crippen LogP contribution in [0.1, 0.15) is 25.0 Å². The number of hydrogen-bond donors (Lipinski definition) is 1. The normalized spacial score (nSPS) is 20.0. The van der Waals surface area contributed by atoms with E-state index in [9.17, 15) is 0 Å². The van der Waals surface area contributed by atoms with Crippen LogP contribution in [0.3, 0.4) is 0 Å². The Morgan fingerprint density at radius 1 is 1.56 bits per heavy atom. The molecule has 2 heterocycles. The second-order valence-electron chi connectivity index (χ2n) is 4.76. The van der Waals surface area contributed by atoms with Crippen LogP contribution in [0, 0.1) is 6.92 Å². The third kappa shape index (κ3) is 3.92. The highest BCUT2D eigenvalue weighted by atomic mass is 32.2. The molecule has 1 aliphatic heterocycles. The van der Waals surface area contributed by atoms with Gasteiger partial charge in [-0.25, -0.2) is 4.98 Å². The Kier molecular flexibility index (Phi) is 5.38. The van der Waals surface area contributed by atoms with Crippen LogP contribution >= 0.6 is 11.8 Å². The summed E-state index contributed by atoms with van der Waals surface area (Å²) in [6, 6.07) is 0. The van der Waals surface area contributed by atoms with Gasteiger partial charge in [0.15, 0.2) is 0 Å². The molecule has 0 bridgehead atoms. The summed E-state index contributed by atoms with van der Waals surface area (Å²) in [5.74, 6) is 2.29. The van der Waals surface area contributed by atoms with Crippen molar-refractivity contribution in [2.24, 2.45) is 0 Å². The summed E-state index contributed by atoms with van der Waals surface area (Å²) in [4.78, 5) is 4.53. The Morgan fingerprint density at radius 3 is 3.17 bits per heavy atom. The van der Waals surface area contributed by atoms with Crippen LogP contribution in [0.4, 0.5) is 5.95 Å². The van der Waals surface area contributed by atoms with Crippen molar-refractivity contribution < 1.29 is 4.74 Å². The summed E-state index contributed by atoms with van der Waals surface area (Å²) >= 11 is 2.09. The molecule has 1 aromatic rings. The molecule has 1 aliphatic rings. The number of imidazole rings is 1. The first-order valence-electron chi connectivity index (χ1n) is 6.68. The van der Waals surface area contributed by atoms with Crippen molar-refractivity contribution in [3.8, 4) is 0 Å². The molecule has 1 atom stereocenters. The first-order chi connectivity index (χ1) is 8.79. The zero-order valence-electron chi connectivity index (χ0n) is 11.3. The highest BCUT2D eigenvalue weighted by Crippen LogP contribution is 2.25. The first kappa shape index (κ1) is 13.7. The summed E-state index contributed by atoms with van der Waals surface area (Å²) in [6.45, 7) is 4.64. The van der Waals surface area contributed by atoms with Crippen molar-refractivity contribution in [1.82, 2.24) is 9.55 Å². The number of methoxy groups -OCH3 is 1. The Balaban J connectivity index is 1.86. The third-order valence-electron chi connectivity index (χ3n) is 3.20. The molecule has 1 fully saturated rings. The number of aromatic nitrogens is 2. The number of hydrogen-bond acceptors (Lipinski definition) is 4. The zero-order chi connectivity index (χ0) is 12.8. The molecular weight excluding hydrogens is 246 g/mol. The van der Waals surface area contributed by atoms with Gasteiger partial charge in [0.05, 0.1) is 12.3 Å². The fourth-order valence-electron chi connectivity index (χ4n) is 2.22. The summed E-state index contributed by atoms with van der Waals surface area (Å²) in [7, 11) is 1.73. The van der Waals surface area contributed by atoms with Crippen molar-refractivity contribution in [1.29, 1.82) is 0 Å². The van der Waals surface area contributed by atoms with Gasteiger partial charge in [0.1, 0.15) is 0 Å². The van der Waals surface area contributed by atoms with E-state index in [4.69, 9.17) is 4.74 Å². The molecule has 0 amide bonds. The monoisotopic (exact) mass is 269 g/mol. The second-order valence-corrected chi connectivity index (χ2v) is 6.17. The molecule has 5 heteroatoms. The fraction of sp³-hybridized carbons (Fsp3) is 0.769. The lowest BCUT2D eigenvalue weighted by molar-refractivity contribution is 0.187. The van der Waals surface area contributed by atoms with Gasteiger partial charge >= 0.3 is 0 Å². The van der Waals surface area contributed by atoms with Gasteiger partial charge in [0.25, 0.3) is 0 Å². The smallest absolute Gasteiger partial charge is 0.203 e. The van der Waals surface area contributed by atoms with Crippen LogP contribution < -0.4 is 5.32 Å². The number of rotatable bonds is 6. The zero-order valence-corrected chi connectivity index (χ0v) is 12.1.